The first-order chi connectivity index (χ1) is 14.9. The number of halogens is 1. The maximum atomic E-state index is 12.6. The smallest absolute Gasteiger partial charge is 0.321 e. The van der Waals surface area contributed by atoms with Gasteiger partial charge in [-0.15, -0.1) is 0 Å². The quantitative estimate of drug-likeness (QED) is 0.537. The van der Waals surface area contributed by atoms with Crippen molar-refractivity contribution in [3.05, 3.63) is 58.6 Å². The van der Waals surface area contributed by atoms with Gasteiger partial charge in [-0.2, -0.15) is 4.31 Å². The lowest BCUT2D eigenvalue weighted by atomic mass is 9.92. The molecule has 0 unspecified atom stereocenters. The molecule has 0 heterocycles. The molecule has 9 heteroatoms. The number of carbonyl (C=O) groups excluding carboxylic acids is 2. The molecule has 0 aliphatic rings. The van der Waals surface area contributed by atoms with Crippen molar-refractivity contribution in [1.29, 1.82) is 0 Å². The zero-order valence-electron chi connectivity index (χ0n) is 18.9. The van der Waals surface area contributed by atoms with Gasteiger partial charge in [-0.3, -0.25) is 9.59 Å². The largest absolute Gasteiger partial charge is 0.455 e. The first-order valence-corrected chi connectivity index (χ1v) is 12.1. The van der Waals surface area contributed by atoms with Crippen LogP contribution in [0.3, 0.4) is 0 Å². The lowest BCUT2D eigenvalue weighted by Gasteiger charge is -2.20. The van der Waals surface area contributed by atoms with E-state index in [1.807, 2.05) is 45.9 Å². The third-order valence-corrected chi connectivity index (χ3v) is 6.94. The van der Waals surface area contributed by atoms with Gasteiger partial charge in [-0.1, -0.05) is 57.5 Å². The molecule has 174 valence electrons. The van der Waals surface area contributed by atoms with Crippen molar-refractivity contribution in [2.75, 3.05) is 25.5 Å². The Kier molecular flexibility index (Phi) is 8.83. The molecule has 1 N–H and O–H groups in total. The molecule has 0 aliphatic carbocycles. The highest BCUT2D eigenvalue weighted by Gasteiger charge is 2.24. The van der Waals surface area contributed by atoms with Gasteiger partial charge in [0.2, 0.25) is 10.0 Å². The van der Waals surface area contributed by atoms with E-state index in [0.29, 0.717) is 5.02 Å². The molecule has 0 saturated heterocycles. The normalized spacial score (nSPS) is 11.8. The van der Waals surface area contributed by atoms with Crippen LogP contribution in [0.4, 0.5) is 5.69 Å². The summed E-state index contributed by atoms with van der Waals surface area (Å²) in [6.45, 7) is 7.09. The summed E-state index contributed by atoms with van der Waals surface area (Å²) < 4.78 is 31.0. The molecule has 0 bridgehead atoms. The molecule has 0 spiro atoms. The topological polar surface area (TPSA) is 92.8 Å². The highest BCUT2D eigenvalue weighted by Crippen LogP contribution is 2.32. The average molecular weight is 481 g/mol. The first kappa shape index (κ1) is 25.8. The van der Waals surface area contributed by atoms with Crippen molar-refractivity contribution < 1.29 is 22.7 Å². The highest BCUT2D eigenvalue weighted by atomic mass is 35.5. The molecule has 2 rings (SSSR count). The van der Waals surface area contributed by atoms with Crippen LogP contribution < -0.4 is 5.32 Å². The van der Waals surface area contributed by atoms with Crippen molar-refractivity contribution >= 4 is 39.2 Å². The fraction of sp³-hybridized carbons (Fsp3) is 0.391. The molecule has 0 fully saturated rings. The van der Waals surface area contributed by atoms with E-state index in [9.17, 15) is 18.0 Å². The Labute approximate surface area is 194 Å². The third-order valence-electron chi connectivity index (χ3n) is 4.88. The van der Waals surface area contributed by atoms with Crippen LogP contribution in [0.25, 0.3) is 0 Å². The number of amides is 1. The number of anilines is 1. The number of nitrogens with zero attached hydrogens (tertiary/aromatic N) is 1. The number of hydrogen-bond acceptors (Lipinski definition) is 5. The summed E-state index contributed by atoms with van der Waals surface area (Å²) in [7, 11) is -2.63. The summed E-state index contributed by atoms with van der Waals surface area (Å²) in [6, 6.07) is 11.5. The number of hydrogen-bond donors (Lipinski definition) is 1. The van der Waals surface area contributed by atoms with Gasteiger partial charge < -0.3 is 10.1 Å². The van der Waals surface area contributed by atoms with E-state index in [4.69, 9.17) is 16.3 Å². The van der Waals surface area contributed by atoms with Gasteiger partial charge in [-0.05, 0) is 47.2 Å². The predicted octanol–water partition coefficient (Wildman–Crippen LogP) is 4.39. The maximum absolute atomic E-state index is 12.6. The molecule has 0 radical (unpaired) electrons. The van der Waals surface area contributed by atoms with Gasteiger partial charge >= 0.3 is 5.97 Å². The van der Waals surface area contributed by atoms with Crippen LogP contribution in [0.1, 0.15) is 50.7 Å². The molecule has 7 nitrogen and oxygen atoms in total. The predicted molar refractivity (Wildman–Crippen MR) is 125 cm³/mol. The van der Waals surface area contributed by atoms with Crippen molar-refractivity contribution in [1.82, 2.24) is 4.31 Å². The Morgan fingerprint density at radius 1 is 1.00 bits per heavy atom. The Hall–Kier alpha value is -2.42. The van der Waals surface area contributed by atoms with Crippen molar-refractivity contribution in [2.24, 2.45) is 0 Å². The van der Waals surface area contributed by atoms with Crippen LogP contribution in [0.5, 0.6) is 0 Å². The van der Waals surface area contributed by atoms with Gasteiger partial charge in [0.05, 0.1) is 4.90 Å². The SMILES string of the molecule is CC(C)c1cccc(C(C)C)c1NC(=O)COC(=O)CN(C)S(=O)(=O)c1ccc(Cl)cc1. The third kappa shape index (κ3) is 6.54. The minimum Gasteiger partial charge on any atom is -0.455 e. The van der Waals surface area contributed by atoms with Gasteiger partial charge in [0.15, 0.2) is 6.61 Å². The van der Waals surface area contributed by atoms with Gasteiger partial charge in [0.25, 0.3) is 5.91 Å². The van der Waals surface area contributed by atoms with Crippen LogP contribution in [0.15, 0.2) is 47.4 Å². The van der Waals surface area contributed by atoms with Gasteiger partial charge in [0.1, 0.15) is 6.54 Å². The Morgan fingerprint density at radius 3 is 2.03 bits per heavy atom. The van der Waals surface area contributed by atoms with Crippen molar-refractivity contribution in [3.8, 4) is 0 Å². The van der Waals surface area contributed by atoms with Crippen LogP contribution in [0.2, 0.25) is 5.02 Å². The van der Waals surface area contributed by atoms with Gasteiger partial charge in [0, 0.05) is 17.8 Å². The number of ether oxygens (including phenoxy) is 1. The lowest BCUT2D eigenvalue weighted by Crippen LogP contribution is -2.34. The second-order valence-corrected chi connectivity index (χ2v) is 10.5. The number of benzene rings is 2. The number of esters is 1. The molecule has 0 aliphatic heterocycles. The van der Waals surface area contributed by atoms with E-state index in [1.165, 1.54) is 31.3 Å². The molecule has 32 heavy (non-hydrogen) atoms. The summed E-state index contributed by atoms with van der Waals surface area (Å²) in [5.74, 6) is -0.936. The molecule has 2 aromatic carbocycles. The zero-order valence-corrected chi connectivity index (χ0v) is 20.5. The number of likely N-dealkylation sites (N-methyl/N-ethyl adjacent to an activating group) is 1. The second-order valence-electron chi connectivity index (χ2n) is 8.04. The first-order valence-electron chi connectivity index (χ1n) is 10.2. The molecule has 0 aromatic heterocycles. The van der Waals surface area contributed by atoms with E-state index in [2.05, 4.69) is 5.32 Å². The molecule has 0 saturated carbocycles. The Morgan fingerprint density at radius 2 is 1.53 bits per heavy atom. The highest BCUT2D eigenvalue weighted by molar-refractivity contribution is 7.89. The number of rotatable bonds is 9. The zero-order chi connectivity index (χ0) is 24.1. The van der Waals surface area contributed by atoms with Crippen LogP contribution in [-0.2, 0) is 24.3 Å². The fourth-order valence-corrected chi connectivity index (χ4v) is 4.36. The van der Waals surface area contributed by atoms with Crippen molar-refractivity contribution in [2.45, 2.75) is 44.4 Å². The van der Waals surface area contributed by atoms with E-state index in [1.54, 1.807) is 0 Å². The number of para-hydroxylation sites is 1. The molecular formula is C23H29ClN2O5S. The molecule has 2 aromatic rings. The standard InChI is InChI=1S/C23H29ClN2O5S/c1-15(2)19-7-6-8-20(16(3)4)23(19)25-21(27)14-31-22(28)13-26(5)32(29,30)18-11-9-17(24)10-12-18/h6-12,15-16H,13-14H2,1-5H3,(H,25,27). The number of carbonyl (C=O) groups is 2. The lowest BCUT2D eigenvalue weighted by molar-refractivity contribution is -0.147. The van der Waals surface area contributed by atoms with E-state index in [-0.39, 0.29) is 16.7 Å². The summed E-state index contributed by atoms with van der Waals surface area (Å²) in [5, 5.41) is 3.25. The second kappa shape index (κ2) is 10.9. The van der Waals surface area contributed by atoms with E-state index >= 15 is 0 Å². The minimum absolute atomic E-state index is 0.00134. The monoisotopic (exact) mass is 480 g/mol. The molecule has 1 amide bonds. The summed E-state index contributed by atoms with van der Waals surface area (Å²) in [4.78, 5) is 24.6. The molecule has 0 atom stereocenters. The van der Waals surface area contributed by atoms with Crippen LogP contribution in [0, 0.1) is 0 Å². The Bertz CT molecular complexity index is 1040. The van der Waals surface area contributed by atoms with Gasteiger partial charge in [-0.25, -0.2) is 8.42 Å². The maximum Gasteiger partial charge on any atom is 0.321 e. The van der Waals surface area contributed by atoms with Crippen LogP contribution >= 0.6 is 11.6 Å². The summed E-state index contributed by atoms with van der Waals surface area (Å²) >= 11 is 5.79. The Balaban J connectivity index is 2.00. The minimum atomic E-state index is -3.89. The molecular weight excluding hydrogens is 452 g/mol. The van der Waals surface area contributed by atoms with Crippen molar-refractivity contribution in [3.63, 3.8) is 0 Å². The van der Waals surface area contributed by atoms with Crippen LogP contribution in [-0.4, -0.2) is 44.8 Å². The summed E-state index contributed by atoms with van der Waals surface area (Å²) in [5.41, 5.74) is 2.70. The van der Waals surface area contributed by atoms with E-state index < -0.39 is 35.1 Å². The fourth-order valence-electron chi connectivity index (χ4n) is 3.12. The summed E-state index contributed by atoms with van der Waals surface area (Å²) in [6.07, 6.45) is 0. The number of sulfonamides is 1. The van der Waals surface area contributed by atoms with E-state index in [0.717, 1.165) is 21.1 Å². The average Bonchev–Trinajstić information content (AvgIpc) is 2.72. The number of nitrogens with one attached hydrogen (secondary N) is 1.